The van der Waals surface area contributed by atoms with Gasteiger partial charge in [-0.15, -0.1) is 0 Å². The molecule has 0 atom stereocenters. The number of hydrogen-bond donors (Lipinski definition) is 0. The first kappa shape index (κ1) is 17.9. The number of carbonyl (C=O) groups is 2. The van der Waals surface area contributed by atoms with Crippen LogP contribution in [0.2, 0.25) is 0 Å². The van der Waals surface area contributed by atoms with E-state index in [4.69, 9.17) is 4.74 Å². The number of ether oxygens (including phenoxy) is 1. The van der Waals surface area contributed by atoms with Crippen LogP contribution in [0.1, 0.15) is 29.8 Å². The van der Waals surface area contributed by atoms with Gasteiger partial charge >= 0.3 is 5.97 Å². The number of benzene rings is 2. The van der Waals surface area contributed by atoms with Crippen LogP contribution in [0, 0.1) is 5.82 Å². The highest BCUT2D eigenvalue weighted by molar-refractivity contribution is 5.96. The molecule has 0 amide bonds. The summed E-state index contributed by atoms with van der Waals surface area (Å²) in [5, 5.41) is 0. The number of anilines is 1. The van der Waals surface area contributed by atoms with Gasteiger partial charge in [0.1, 0.15) is 5.82 Å². The number of para-hydroxylation sites is 1. The lowest BCUT2D eigenvalue weighted by Crippen LogP contribution is -2.25. The van der Waals surface area contributed by atoms with Gasteiger partial charge in [0.15, 0.2) is 12.4 Å². The van der Waals surface area contributed by atoms with Crippen molar-refractivity contribution in [1.29, 1.82) is 0 Å². The normalized spacial score (nSPS) is 16.5. The van der Waals surface area contributed by atoms with Crippen LogP contribution in [-0.2, 0) is 14.9 Å². The van der Waals surface area contributed by atoms with Gasteiger partial charge in [-0.2, -0.15) is 0 Å². The fourth-order valence-electron chi connectivity index (χ4n) is 3.29. The van der Waals surface area contributed by atoms with Gasteiger partial charge in [-0.1, -0.05) is 38.1 Å². The summed E-state index contributed by atoms with van der Waals surface area (Å²) in [5.41, 5.74) is 2.78. The van der Waals surface area contributed by atoms with Gasteiger partial charge in [-0.25, -0.2) is 9.18 Å². The molecule has 2 aromatic rings. The second-order valence-corrected chi connectivity index (χ2v) is 6.78. The van der Waals surface area contributed by atoms with E-state index in [0.717, 1.165) is 23.0 Å². The van der Waals surface area contributed by atoms with Crippen LogP contribution in [0.5, 0.6) is 0 Å². The monoisotopic (exact) mass is 353 g/mol. The van der Waals surface area contributed by atoms with Crippen LogP contribution in [-0.4, -0.2) is 25.4 Å². The molecule has 26 heavy (non-hydrogen) atoms. The third-order valence-electron chi connectivity index (χ3n) is 4.64. The van der Waals surface area contributed by atoms with Crippen molar-refractivity contribution in [3.63, 3.8) is 0 Å². The summed E-state index contributed by atoms with van der Waals surface area (Å²) in [6.45, 7) is 3.71. The zero-order chi connectivity index (χ0) is 18.9. The molecule has 2 aromatic carbocycles. The van der Waals surface area contributed by atoms with E-state index in [-0.39, 0.29) is 23.4 Å². The quantitative estimate of drug-likeness (QED) is 0.618. The van der Waals surface area contributed by atoms with E-state index in [1.165, 1.54) is 24.3 Å². The first-order valence-corrected chi connectivity index (χ1v) is 8.31. The number of nitrogens with zero attached hydrogens (tertiary/aromatic N) is 1. The number of rotatable bonds is 4. The number of halogens is 1. The molecule has 0 fully saturated rings. The van der Waals surface area contributed by atoms with Gasteiger partial charge in [-0.3, -0.25) is 4.79 Å². The zero-order valence-corrected chi connectivity index (χ0v) is 15.0. The molecule has 1 aliphatic heterocycles. The molecule has 1 heterocycles. The predicted octanol–water partition coefficient (Wildman–Crippen LogP) is 3.86. The fraction of sp³-hybridized carbons (Fsp3) is 0.238. The van der Waals surface area contributed by atoms with Gasteiger partial charge in [-0.05, 0) is 29.8 Å². The smallest absolute Gasteiger partial charge is 0.338 e. The topological polar surface area (TPSA) is 46.6 Å². The Kier molecular flexibility index (Phi) is 4.64. The van der Waals surface area contributed by atoms with E-state index in [2.05, 4.69) is 0 Å². The van der Waals surface area contributed by atoms with E-state index in [1.54, 1.807) is 0 Å². The Balaban J connectivity index is 1.72. The van der Waals surface area contributed by atoms with Crippen LogP contribution in [0.25, 0.3) is 0 Å². The lowest BCUT2D eigenvalue weighted by molar-refractivity contribution is -0.117. The number of esters is 1. The van der Waals surface area contributed by atoms with E-state index < -0.39 is 11.8 Å². The third-order valence-corrected chi connectivity index (χ3v) is 4.64. The molecule has 5 heteroatoms. The molecule has 3 rings (SSSR count). The summed E-state index contributed by atoms with van der Waals surface area (Å²) in [5.74, 6) is -1.57. The first-order chi connectivity index (χ1) is 12.3. The van der Waals surface area contributed by atoms with Gasteiger partial charge < -0.3 is 9.64 Å². The summed E-state index contributed by atoms with van der Waals surface area (Å²) in [4.78, 5) is 26.2. The van der Waals surface area contributed by atoms with Crippen molar-refractivity contribution < 1.29 is 18.7 Å². The fourth-order valence-corrected chi connectivity index (χ4v) is 3.29. The van der Waals surface area contributed by atoms with Crippen molar-refractivity contribution >= 4 is 17.4 Å². The van der Waals surface area contributed by atoms with Crippen molar-refractivity contribution in [2.24, 2.45) is 0 Å². The molecule has 0 spiro atoms. The molecular formula is C21H20FNO3. The van der Waals surface area contributed by atoms with E-state index >= 15 is 0 Å². The zero-order valence-electron chi connectivity index (χ0n) is 15.0. The number of allylic oxidation sites excluding steroid dienone is 1. The summed E-state index contributed by atoms with van der Waals surface area (Å²) < 4.78 is 18.2. The minimum atomic E-state index is -0.724. The average Bonchev–Trinajstić information content (AvgIpc) is 2.81. The van der Waals surface area contributed by atoms with E-state index in [0.29, 0.717) is 0 Å². The van der Waals surface area contributed by atoms with Crippen molar-refractivity contribution in [3.05, 3.63) is 77.2 Å². The Hall–Kier alpha value is -2.95. The number of hydrogen-bond acceptors (Lipinski definition) is 4. The number of likely N-dealkylation sites (N-methyl/N-ethyl adjacent to an activating group) is 1. The maximum absolute atomic E-state index is 13.2. The molecular weight excluding hydrogens is 333 g/mol. The second-order valence-electron chi connectivity index (χ2n) is 6.78. The maximum Gasteiger partial charge on any atom is 0.338 e. The Labute approximate surface area is 151 Å². The minimum absolute atomic E-state index is 0.0798. The predicted molar refractivity (Wildman–Crippen MR) is 97.6 cm³/mol. The Bertz CT molecular complexity index is 902. The maximum atomic E-state index is 13.2. The Morgan fingerprint density at radius 1 is 1.15 bits per heavy atom. The van der Waals surface area contributed by atoms with Crippen LogP contribution in [0.4, 0.5) is 10.1 Å². The SMILES string of the molecule is CN1/C(=C\C(=O)COC(=O)c2cccc(F)c2)C(C)(C)c2ccccc21. The molecule has 0 saturated carbocycles. The lowest BCUT2D eigenvalue weighted by atomic mass is 9.83. The molecule has 0 aliphatic carbocycles. The van der Waals surface area contributed by atoms with Crippen LogP contribution in [0.3, 0.4) is 0 Å². The number of carbonyl (C=O) groups excluding carboxylic acids is 2. The van der Waals surface area contributed by atoms with Gasteiger partial charge in [0, 0.05) is 29.9 Å². The second kappa shape index (κ2) is 6.75. The van der Waals surface area contributed by atoms with Gasteiger partial charge in [0.05, 0.1) is 5.56 Å². The molecule has 0 saturated heterocycles. The molecule has 0 radical (unpaired) electrons. The van der Waals surface area contributed by atoms with Crippen LogP contribution in [0.15, 0.2) is 60.3 Å². The van der Waals surface area contributed by atoms with Crippen molar-refractivity contribution in [2.75, 3.05) is 18.6 Å². The lowest BCUT2D eigenvalue weighted by Gasteiger charge is -2.23. The van der Waals surface area contributed by atoms with Crippen LogP contribution >= 0.6 is 0 Å². The largest absolute Gasteiger partial charge is 0.454 e. The molecule has 0 bridgehead atoms. The Morgan fingerprint density at radius 2 is 1.88 bits per heavy atom. The minimum Gasteiger partial charge on any atom is -0.454 e. The van der Waals surface area contributed by atoms with Crippen molar-refractivity contribution in [1.82, 2.24) is 0 Å². The summed E-state index contributed by atoms with van der Waals surface area (Å²) in [6.07, 6.45) is 1.51. The van der Waals surface area contributed by atoms with Crippen LogP contribution < -0.4 is 4.90 Å². The van der Waals surface area contributed by atoms with Gasteiger partial charge in [0.2, 0.25) is 0 Å². The third kappa shape index (κ3) is 3.25. The summed E-state index contributed by atoms with van der Waals surface area (Å²) in [7, 11) is 1.91. The molecule has 0 unspecified atom stereocenters. The molecule has 134 valence electrons. The highest BCUT2D eigenvalue weighted by Gasteiger charge is 2.38. The number of fused-ring (bicyclic) bond motifs is 1. The Morgan fingerprint density at radius 3 is 2.58 bits per heavy atom. The summed E-state index contributed by atoms with van der Waals surface area (Å²) in [6, 6.07) is 13.2. The molecule has 0 N–H and O–H groups in total. The van der Waals surface area contributed by atoms with Crippen molar-refractivity contribution in [3.8, 4) is 0 Å². The highest BCUT2D eigenvalue weighted by atomic mass is 19.1. The van der Waals surface area contributed by atoms with E-state index in [9.17, 15) is 14.0 Å². The standard InChI is InChI=1S/C21H20FNO3/c1-21(2)17-9-4-5-10-18(17)23(3)19(21)12-16(24)13-26-20(25)14-7-6-8-15(22)11-14/h4-12H,13H2,1-3H3/b19-12-. The van der Waals surface area contributed by atoms with Gasteiger partial charge in [0.25, 0.3) is 0 Å². The van der Waals surface area contributed by atoms with E-state index in [1.807, 2.05) is 50.1 Å². The molecule has 1 aliphatic rings. The number of ketones is 1. The van der Waals surface area contributed by atoms with Crippen molar-refractivity contribution in [2.45, 2.75) is 19.3 Å². The molecule has 0 aromatic heterocycles. The highest BCUT2D eigenvalue weighted by Crippen LogP contribution is 2.46. The summed E-state index contributed by atoms with van der Waals surface area (Å²) >= 11 is 0. The average molecular weight is 353 g/mol. The first-order valence-electron chi connectivity index (χ1n) is 8.31. The molecule has 4 nitrogen and oxygen atoms in total.